The number of imide groups is 1. The Morgan fingerprint density at radius 1 is 1.29 bits per heavy atom. The Hall–Kier alpha value is -3.06. The maximum absolute atomic E-state index is 11.8. The van der Waals surface area contributed by atoms with Gasteiger partial charge in [0.25, 0.3) is 5.91 Å². The van der Waals surface area contributed by atoms with Crippen LogP contribution < -0.4 is 5.32 Å². The average molecular weight is 347 g/mol. The zero-order chi connectivity index (χ0) is 17.4. The number of hydrogen-bond acceptors (Lipinski definition) is 4. The number of halogens is 1. The lowest BCUT2D eigenvalue weighted by atomic mass is 10.1. The number of carbonyl (C=O) groups is 3. The van der Waals surface area contributed by atoms with Crippen molar-refractivity contribution >= 4 is 35.6 Å². The monoisotopic (exact) mass is 346 g/mol. The van der Waals surface area contributed by atoms with Gasteiger partial charge in [0.1, 0.15) is 17.2 Å². The highest BCUT2D eigenvalue weighted by Crippen LogP contribution is 2.31. The van der Waals surface area contributed by atoms with Crippen molar-refractivity contribution in [3.63, 3.8) is 0 Å². The first-order chi connectivity index (χ1) is 11.4. The van der Waals surface area contributed by atoms with E-state index in [0.29, 0.717) is 22.1 Å². The standard InChI is InChI=1S/C16H11ClN2O5/c1-19-14(20)12(18-16(19)23)7-9-3-5-13(24-9)10-6-8(15(21)22)2-4-11(10)17/h2-7H,1H3,(H,18,23)(H,21,22)/b12-7+. The third-order valence-corrected chi connectivity index (χ3v) is 3.80. The molecule has 1 saturated heterocycles. The summed E-state index contributed by atoms with van der Waals surface area (Å²) < 4.78 is 5.59. The maximum atomic E-state index is 11.8. The summed E-state index contributed by atoms with van der Waals surface area (Å²) in [6, 6.07) is 6.93. The Balaban J connectivity index is 1.95. The van der Waals surface area contributed by atoms with Crippen LogP contribution in [0.5, 0.6) is 0 Å². The third-order valence-electron chi connectivity index (χ3n) is 3.47. The second-order valence-corrected chi connectivity index (χ2v) is 5.46. The largest absolute Gasteiger partial charge is 0.478 e. The molecular formula is C16H11ClN2O5. The average Bonchev–Trinajstić information content (AvgIpc) is 3.09. The molecule has 8 heteroatoms. The first kappa shape index (κ1) is 15.8. The van der Waals surface area contributed by atoms with E-state index in [4.69, 9.17) is 21.1 Å². The van der Waals surface area contributed by atoms with Crippen LogP contribution in [-0.2, 0) is 4.79 Å². The number of nitrogens with one attached hydrogen (secondary N) is 1. The number of furan rings is 1. The number of aromatic carboxylic acids is 1. The van der Waals surface area contributed by atoms with E-state index in [2.05, 4.69) is 5.32 Å². The van der Waals surface area contributed by atoms with Gasteiger partial charge in [-0.15, -0.1) is 0 Å². The van der Waals surface area contributed by atoms with E-state index in [9.17, 15) is 14.4 Å². The number of nitrogens with zero attached hydrogens (tertiary/aromatic N) is 1. The Bertz CT molecular complexity index is 900. The van der Waals surface area contributed by atoms with Crippen LogP contribution in [0.3, 0.4) is 0 Å². The van der Waals surface area contributed by atoms with Gasteiger partial charge in [-0.25, -0.2) is 9.59 Å². The molecule has 3 rings (SSSR count). The summed E-state index contributed by atoms with van der Waals surface area (Å²) in [4.78, 5) is 35.2. The van der Waals surface area contributed by atoms with E-state index in [1.807, 2.05) is 0 Å². The second kappa shape index (κ2) is 5.86. The molecule has 2 heterocycles. The third kappa shape index (κ3) is 2.77. The lowest BCUT2D eigenvalue weighted by Crippen LogP contribution is -2.25. The molecule has 0 atom stereocenters. The fourth-order valence-corrected chi connectivity index (χ4v) is 2.40. The van der Waals surface area contributed by atoms with Crippen LogP contribution in [0.15, 0.2) is 40.4 Å². The van der Waals surface area contributed by atoms with Gasteiger partial charge < -0.3 is 14.8 Å². The molecule has 1 fully saturated rings. The molecule has 122 valence electrons. The molecule has 7 nitrogen and oxygen atoms in total. The first-order valence-electron chi connectivity index (χ1n) is 6.80. The normalized spacial score (nSPS) is 15.9. The van der Waals surface area contributed by atoms with Crippen molar-refractivity contribution in [1.82, 2.24) is 10.2 Å². The van der Waals surface area contributed by atoms with Gasteiger partial charge in [-0.05, 0) is 30.3 Å². The quantitative estimate of drug-likeness (QED) is 0.657. The Morgan fingerprint density at radius 2 is 2.04 bits per heavy atom. The van der Waals surface area contributed by atoms with Crippen LogP contribution in [0, 0.1) is 0 Å². The number of rotatable bonds is 3. The van der Waals surface area contributed by atoms with Crippen molar-refractivity contribution in [3.05, 3.63) is 52.4 Å². The molecule has 0 aliphatic carbocycles. The predicted molar refractivity (Wildman–Crippen MR) is 85.4 cm³/mol. The van der Waals surface area contributed by atoms with Gasteiger partial charge in [-0.3, -0.25) is 9.69 Å². The summed E-state index contributed by atoms with van der Waals surface area (Å²) in [5.41, 5.74) is 0.583. The van der Waals surface area contributed by atoms with Crippen LogP contribution in [0.25, 0.3) is 17.4 Å². The first-order valence-corrected chi connectivity index (χ1v) is 7.18. The van der Waals surface area contributed by atoms with Gasteiger partial charge in [-0.2, -0.15) is 0 Å². The van der Waals surface area contributed by atoms with E-state index >= 15 is 0 Å². The Labute approximate surface area is 141 Å². The highest BCUT2D eigenvalue weighted by molar-refractivity contribution is 6.33. The molecule has 0 radical (unpaired) electrons. The zero-order valence-electron chi connectivity index (χ0n) is 12.4. The molecule has 1 aromatic carbocycles. The van der Waals surface area contributed by atoms with E-state index < -0.39 is 17.9 Å². The molecule has 1 aliphatic heterocycles. The molecule has 0 bridgehead atoms. The van der Waals surface area contributed by atoms with Gasteiger partial charge >= 0.3 is 12.0 Å². The van der Waals surface area contributed by atoms with Crippen molar-refractivity contribution < 1.29 is 23.9 Å². The summed E-state index contributed by atoms with van der Waals surface area (Å²) in [6.45, 7) is 0. The molecule has 1 aliphatic rings. The molecule has 3 amide bonds. The SMILES string of the molecule is CN1C(=O)N/C(=C/c2ccc(-c3cc(C(=O)O)ccc3Cl)o2)C1=O. The molecule has 0 spiro atoms. The number of hydrogen-bond donors (Lipinski definition) is 2. The summed E-state index contributed by atoms with van der Waals surface area (Å²) in [5.74, 6) is -0.881. The molecule has 2 N–H and O–H groups in total. The van der Waals surface area contributed by atoms with Crippen molar-refractivity contribution in [2.24, 2.45) is 0 Å². The van der Waals surface area contributed by atoms with E-state index in [-0.39, 0.29) is 11.3 Å². The van der Waals surface area contributed by atoms with Crippen molar-refractivity contribution in [2.45, 2.75) is 0 Å². The molecule has 0 unspecified atom stereocenters. The Morgan fingerprint density at radius 3 is 2.67 bits per heavy atom. The fraction of sp³-hybridized carbons (Fsp3) is 0.0625. The number of carboxylic acids is 1. The summed E-state index contributed by atoms with van der Waals surface area (Å²) in [6.07, 6.45) is 1.39. The molecular weight excluding hydrogens is 336 g/mol. The van der Waals surface area contributed by atoms with Gasteiger partial charge in [0.05, 0.1) is 10.6 Å². The summed E-state index contributed by atoms with van der Waals surface area (Å²) in [5, 5.41) is 11.8. The minimum absolute atomic E-state index is 0.0746. The van der Waals surface area contributed by atoms with Gasteiger partial charge in [0.15, 0.2) is 0 Å². The van der Waals surface area contributed by atoms with E-state index in [1.165, 1.54) is 31.3 Å². The van der Waals surface area contributed by atoms with Crippen molar-refractivity contribution in [2.75, 3.05) is 7.05 Å². The van der Waals surface area contributed by atoms with Crippen LogP contribution in [0.2, 0.25) is 5.02 Å². The second-order valence-electron chi connectivity index (χ2n) is 5.05. The summed E-state index contributed by atoms with van der Waals surface area (Å²) in [7, 11) is 1.36. The zero-order valence-corrected chi connectivity index (χ0v) is 13.1. The van der Waals surface area contributed by atoms with Gasteiger partial charge in [-0.1, -0.05) is 11.6 Å². The predicted octanol–water partition coefficient (Wildman–Crippen LogP) is 2.82. The number of amides is 3. The number of urea groups is 1. The smallest absolute Gasteiger partial charge is 0.335 e. The summed E-state index contributed by atoms with van der Waals surface area (Å²) >= 11 is 6.09. The minimum Gasteiger partial charge on any atom is -0.478 e. The molecule has 24 heavy (non-hydrogen) atoms. The highest BCUT2D eigenvalue weighted by Gasteiger charge is 2.30. The maximum Gasteiger partial charge on any atom is 0.335 e. The highest BCUT2D eigenvalue weighted by atomic mass is 35.5. The van der Waals surface area contributed by atoms with Crippen LogP contribution >= 0.6 is 11.6 Å². The minimum atomic E-state index is -1.08. The number of carboxylic acid groups (broad SMARTS) is 1. The van der Waals surface area contributed by atoms with Crippen molar-refractivity contribution in [3.8, 4) is 11.3 Å². The lowest BCUT2D eigenvalue weighted by Gasteiger charge is -2.02. The molecule has 2 aromatic rings. The molecule has 1 aromatic heterocycles. The Kier molecular flexibility index (Phi) is 3.86. The van der Waals surface area contributed by atoms with Crippen LogP contribution in [-0.4, -0.2) is 35.0 Å². The fourth-order valence-electron chi connectivity index (χ4n) is 2.19. The number of benzene rings is 1. The van der Waals surface area contributed by atoms with E-state index in [0.717, 1.165) is 4.90 Å². The van der Waals surface area contributed by atoms with E-state index in [1.54, 1.807) is 12.1 Å². The van der Waals surface area contributed by atoms with Gasteiger partial charge in [0, 0.05) is 18.7 Å². The van der Waals surface area contributed by atoms with Crippen LogP contribution in [0.4, 0.5) is 4.79 Å². The van der Waals surface area contributed by atoms with Crippen molar-refractivity contribution in [1.29, 1.82) is 0 Å². The lowest BCUT2D eigenvalue weighted by molar-refractivity contribution is -0.121. The number of likely N-dealkylation sites (N-methyl/N-ethyl adjacent to an activating group) is 1. The molecule has 0 saturated carbocycles. The van der Waals surface area contributed by atoms with Crippen LogP contribution in [0.1, 0.15) is 16.1 Å². The van der Waals surface area contributed by atoms with Gasteiger partial charge in [0.2, 0.25) is 0 Å². The topological polar surface area (TPSA) is 99.8 Å². The number of carbonyl (C=O) groups excluding carboxylic acids is 2.